The SMILES string of the molecule is N#CC[C@@H]1CC(n2c(C3CCC(F)CC3)nc3cnc4ccc(Cl)cc4c32)CCO1. The maximum absolute atomic E-state index is 13.8. The van der Waals surface area contributed by atoms with Crippen molar-refractivity contribution in [3.05, 3.63) is 35.2 Å². The Hall–Kier alpha value is -2.23. The number of benzene rings is 1. The number of rotatable bonds is 3. The summed E-state index contributed by atoms with van der Waals surface area (Å²) < 4.78 is 22.0. The van der Waals surface area contributed by atoms with Crippen LogP contribution in [-0.4, -0.2) is 33.4 Å². The Bertz CT molecular complexity index is 1120. The van der Waals surface area contributed by atoms with Crippen LogP contribution in [0.3, 0.4) is 0 Å². The highest BCUT2D eigenvalue weighted by molar-refractivity contribution is 6.31. The molecule has 0 radical (unpaired) electrons. The number of hydrogen-bond acceptors (Lipinski definition) is 4. The summed E-state index contributed by atoms with van der Waals surface area (Å²) in [6.45, 7) is 0.622. The second-order valence-electron chi connectivity index (χ2n) is 8.48. The van der Waals surface area contributed by atoms with Gasteiger partial charge in [-0.3, -0.25) is 4.98 Å². The fourth-order valence-electron chi connectivity index (χ4n) is 5.07. The van der Waals surface area contributed by atoms with Crippen LogP contribution < -0.4 is 0 Å². The highest BCUT2D eigenvalue weighted by atomic mass is 35.5. The van der Waals surface area contributed by atoms with Gasteiger partial charge in [-0.15, -0.1) is 0 Å². The Balaban J connectivity index is 1.69. The summed E-state index contributed by atoms with van der Waals surface area (Å²) in [7, 11) is 0. The molecule has 1 aliphatic heterocycles. The molecule has 2 aliphatic rings. The van der Waals surface area contributed by atoms with Crippen LogP contribution in [0.1, 0.15) is 62.7 Å². The monoisotopic (exact) mass is 426 g/mol. The van der Waals surface area contributed by atoms with Gasteiger partial charge in [-0.2, -0.15) is 5.26 Å². The number of alkyl halides is 1. The summed E-state index contributed by atoms with van der Waals surface area (Å²) in [4.78, 5) is 9.61. The molecular formula is C23H24ClFN4O. The van der Waals surface area contributed by atoms with Gasteiger partial charge in [0.2, 0.25) is 0 Å². The van der Waals surface area contributed by atoms with E-state index in [2.05, 4.69) is 15.6 Å². The molecule has 2 fully saturated rings. The number of ether oxygens (including phenoxy) is 1. The number of hydrogen-bond donors (Lipinski definition) is 0. The van der Waals surface area contributed by atoms with Crippen molar-refractivity contribution < 1.29 is 9.13 Å². The zero-order valence-corrected chi connectivity index (χ0v) is 17.5. The van der Waals surface area contributed by atoms with Crippen molar-refractivity contribution in [2.75, 3.05) is 6.61 Å². The molecule has 0 bridgehead atoms. The molecule has 1 saturated carbocycles. The van der Waals surface area contributed by atoms with Crippen LogP contribution in [0.4, 0.5) is 4.39 Å². The smallest absolute Gasteiger partial charge is 0.113 e. The fraction of sp³-hybridized carbons (Fsp3) is 0.522. The largest absolute Gasteiger partial charge is 0.377 e. The number of pyridine rings is 1. The predicted molar refractivity (Wildman–Crippen MR) is 114 cm³/mol. The molecule has 156 valence electrons. The zero-order chi connectivity index (χ0) is 20.7. The van der Waals surface area contributed by atoms with Gasteiger partial charge < -0.3 is 9.30 Å². The molecule has 3 heterocycles. The van der Waals surface area contributed by atoms with Gasteiger partial charge in [0.25, 0.3) is 0 Å². The third-order valence-electron chi connectivity index (χ3n) is 6.55. The Morgan fingerprint density at radius 3 is 2.83 bits per heavy atom. The predicted octanol–water partition coefficient (Wildman–Crippen LogP) is 5.87. The van der Waals surface area contributed by atoms with Crippen molar-refractivity contribution in [2.45, 2.75) is 69.2 Å². The van der Waals surface area contributed by atoms with E-state index in [1.807, 2.05) is 24.4 Å². The van der Waals surface area contributed by atoms with Gasteiger partial charge in [0.1, 0.15) is 17.5 Å². The van der Waals surface area contributed by atoms with Gasteiger partial charge in [0.05, 0.1) is 35.8 Å². The molecule has 30 heavy (non-hydrogen) atoms. The van der Waals surface area contributed by atoms with Crippen molar-refractivity contribution in [1.82, 2.24) is 14.5 Å². The van der Waals surface area contributed by atoms with Crippen LogP contribution >= 0.6 is 11.6 Å². The highest BCUT2D eigenvalue weighted by Gasteiger charge is 2.32. The Labute approximate surface area is 179 Å². The molecule has 2 atom stereocenters. The Morgan fingerprint density at radius 2 is 2.03 bits per heavy atom. The highest BCUT2D eigenvalue weighted by Crippen LogP contribution is 2.40. The van der Waals surface area contributed by atoms with E-state index in [9.17, 15) is 4.39 Å². The van der Waals surface area contributed by atoms with Gasteiger partial charge in [0.15, 0.2) is 0 Å². The zero-order valence-electron chi connectivity index (χ0n) is 16.7. The fourth-order valence-corrected chi connectivity index (χ4v) is 5.25. The minimum absolute atomic E-state index is 0.0719. The average Bonchev–Trinajstić information content (AvgIpc) is 3.15. The van der Waals surface area contributed by atoms with Gasteiger partial charge in [-0.1, -0.05) is 11.6 Å². The molecule has 1 aromatic carbocycles. The maximum atomic E-state index is 13.8. The molecule has 0 amide bonds. The minimum atomic E-state index is -0.705. The molecule has 0 N–H and O–H groups in total. The van der Waals surface area contributed by atoms with E-state index < -0.39 is 6.17 Å². The molecule has 2 aromatic heterocycles. The molecule has 1 aliphatic carbocycles. The molecule has 1 unspecified atom stereocenters. The molecule has 7 heteroatoms. The lowest BCUT2D eigenvalue weighted by molar-refractivity contribution is -0.00238. The number of fused-ring (bicyclic) bond motifs is 3. The third kappa shape index (κ3) is 3.55. The number of nitrogens with zero attached hydrogens (tertiary/aromatic N) is 4. The van der Waals surface area contributed by atoms with Crippen molar-refractivity contribution in [2.24, 2.45) is 0 Å². The van der Waals surface area contributed by atoms with Crippen LogP contribution in [0, 0.1) is 11.3 Å². The Morgan fingerprint density at radius 1 is 1.20 bits per heavy atom. The van der Waals surface area contributed by atoms with Crippen molar-refractivity contribution >= 4 is 33.5 Å². The number of aromatic nitrogens is 3. The Kier molecular flexibility index (Phi) is 5.34. The lowest BCUT2D eigenvalue weighted by Gasteiger charge is -2.33. The van der Waals surface area contributed by atoms with E-state index in [4.69, 9.17) is 26.6 Å². The summed E-state index contributed by atoms with van der Waals surface area (Å²) in [5, 5.41) is 10.8. The van der Waals surface area contributed by atoms with Gasteiger partial charge in [-0.05, 0) is 56.7 Å². The van der Waals surface area contributed by atoms with Gasteiger partial charge in [-0.25, -0.2) is 9.37 Å². The quantitative estimate of drug-likeness (QED) is 0.525. The second kappa shape index (κ2) is 8.13. The van der Waals surface area contributed by atoms with Crippen LogP contribution in [0.25, 0.3) is 21.9 Å². The van der Waals surface area contributed by atoms with Crippen LogP contribution in [-0.2, 0) is 4.74 Å². The summed E-state index contributed by atoms with van der Waals surface area (Å²) in [6.07, 6.45) is 5.87. The van der Waals surface area contributed by atoms with E-state index in [0.717, 1.165) is 53.4 Å². The molecule has 3 aromatic rings. The van der Waals surface area contributed by atoms with E-state index in [1.54, 1.807) is 0 Å². The van der Waals surface area contributed by atoms with E-state index in [1.165, 1.54) is 0 Å². The average molecular weight is 427 g/mol. The first kappa shape index (κ1) is 19.7. The van der Waals surface area contributed by atoms with Crippen LogP contribution in [0.5, 0.6) is 0 Å². The summed E-state index contributed by atoms with van der Waals surface area (Å²) in [5.41, 5.74) is 2.78. The molecule has 5 rings (SSSR count). The first-order valence-corrected chi connectivity index (χ1v) is 11.1. The maximum Gasteiger partial charge on any atom is 0.113 e. The van der Waals surface area contributed by atoms with Crippen molar-refractivity contribution in [3.8, 4) is 6.07 Å². The number of halogens is 2. The topological polar surface area (TPSA) is 63.7 Å². The lowest BCUT2D eigenvalue weighted by Crippen LogP contribution is -2.29. The molecule has 0 spiro atoms. The first-order valence-electron chi connectivity index (χ1n) is 10.7. The number of imidazole rings is 1. The standard InChI is InChI=1S/C23H24ClFN4O/c24-15-3-6-20-19(11-15)22-21(13-27-20)28-23(14-1-4-16(25)5-2-14)29(22)17-8-10-30-18(12-17)7-9-26/h3,6,11,13-14,16-18H,1-2,4-5,7-8,10,12H2/t14?,16?,17?,18-/m1/s1. The van der Waals surface area contributed by atoms with Crippen LogP contribution in [0.2, 0.25) is 5.02 Å². The van der Waals surface area contributed by atoms with E-state index in [0.29, 0.717) is 30.9 Å². The third-order valence-corrected chi connectivity index (χ3v) is 6.79. The van der Waals surface area contributed by atoms with E-state index in [-0.39, 0.29) is 18.1 Å². The van der Waals surface area contributed by atoms with Crippen molar-refractivity contribution in [3.63, 3.8) is 0 Å². The normalized spacial score (nSPS) is 27.4. The number of nitriles is 1. The van der Waals surface area contributed by atoms with Crippen LogP contribution in [0.15, 0.2) is 24.4 Å². The second-order valence-corrected chi connectivity index (χ2v) is 8.91. The van der Waals surface area contributed by atoms with Gasteiger partial charge >= 0.3 is 0 Å². The molecule has 1 saturated heterocycles. The summed E-state index contributed by atoms with van der Waals surface area (Å²) in [6, 6.07) is 8.17. The summed E-state index contributed by atoms with van der Waals surface area (Å²) in [5.74, 6) is 1.25. The van der Waals surface area contributed by atoms with Gasteiger partial charge in [0, 0.05) is 29.0 Å². The van der Waals surface area contributed by atoms with Crippen molar-refractivity contribution in [1.29, 1.82) is 5.26 Å². The first-order chi connectivity index (χ1) is 14.6. The minimum Gasteiger partial charge on any atom is -0.377 e. The molecular weight excluding hydrogens is 403 g/mol. The molecule has 5 nitrogen and oxygen atoms in total. The van der Waals surface area contributed by atoms with E-state index >= 15 is 0 Å². The lowest BCUT2D eigenvalue weighted by atomic mass is 9.87. The summed E-state index contributed by atoms with van der Waals surface area (Å²) >= 11 is 6.34.